The SMILES string of the molecule is CCNC(=NCc1cccc(-c2ccccn2)c1)NC1CCc2ncnn2C1. The van der Waals surface area contributed by atoms with Gasteiger partial charge in [-0.05, 0) is 37.1 Å². The fourth-order valence-electron chi connectivity index (χ4n) is 3.40. The Labute approximate surface area is 165 Å². The molecular weight excluding hydrogens is 350 g/mol. The van der Waals surface area contributed by atoms with Crippen LogP contribution in [0.15, 0.2) is 60.0 Å². The Hall–Kier alpha value is -3.22. The lowest BCUT2D eigenvalue weighted by Crippen LogP contribution is -2.47. The van der Waals surface area contributed by atoms with Crippen molar-refractivity contribution < 1.29 is 0 Å². The highest BCUT2D eigenvalue weighted by molar-refractivity contribution is 5.80. The summed E-state index contributed by atoms with van der Waals surface area (Å²) in [4.78, 5) is 13.5. The number of benzene rings is 1. The zero-order valence-corrected chi connectivity index (χ0v) is 16.0. The van der Waals surface area contributed by atoms with Crippen LogP contribution in [0.3, 0.4) is 0 Å². The highest BCUT2D eigenvalue weighted by Crippen LogP contribution is 2.18. The molecule has 0 saturated heterocycles. The molecule has 1 aliphatic rings. The monoisotopic (exact) mass is 375 g/mol. The number of hydrogen-bond acceptors (Lipinski definition) is 4. The van der Waals surface area contributed by atoms with Gasteiger partial charge in [-0.25, -0.2) is 14.7 Å². The van der Waals surface area contributed by atoms with Crippen LogP contribution in [-0.4, -0.2) is 38.3 Å². The molecule has 7 nitrogen and oxygen atoms in total. The summed E-state index contributed by atoms with van der Waals surface area (Å²) in [6.45, 7) is 4.32. The van der Waals surface area contributed by atoms with Crippen molar-refractivity contribution in [3.05, 3.63) is 66.4 Å². The van der Waals surface area contributed by atoms with E-state index >= 15 is 0 Å². The maximum Gasteiger partial charge on any atom is 0.191 e. The molecule has 0 aliphatic carbocycles. The van der Waals surface area contributed by atoms with E-state index in [1.807, 2.05) is 29.1 Å². The average Bonchev–Trinajstić information content (AvgIpc) is 3.21. The number of pyridine rings is 1. The molecule has 3 heterocycles. The first kappa shape index (κ1) is 18.2. The summed E-state index contributed by atoms with van der Waals surface area (Å²) < 4.78 is 1.97. The van der Waals surface area contributed by atoms with Crippen LogP contribution in [0.25, 0.3) is 11.3 Å². The van der Waals surface area contributed by atoms with Crippen LogP contribution < -0.4 is 10.6 Å². The molecule has 0 fully saturated rings. The molecule has 0 spiro atoms. The van der Waals surface area contributed by atoms with Crippen LogP contribution in [0.1, 0.15) is 24.7 Å². The summed E-state index contributed by atoms with van der Waals surface area (Å²) in [7, 11) is 0. The summed E-state index contributed by atoms with van der Waals surface area (Å²) in [5.41, 5.74) is 3.24. The quantitative estimate of drug-likeness (QED) is 0.529. The van der Waals surface area contributed by atoms with Gasteiger partial charge < -0.3 is 10.6 Å². The van der Waals surface area contributed by atoms with Crippen molar-refractivity contribution in [1.29, 1.82) is 0 Å². The number of fused-ring (bicyclic) bond motifs is 1. The molecule has 0 saturated carbocycles. The molecule has 7 heteroatoms. The Morgan fingerprint density at radius 1 is 1.21 bits per heavy atom. The number of aryl methyl sites for hydroxylation is 1. The molecule has 2 N–H and O–H groups in total. The largest absolute Gasteiger partial charge is 0.357 e. The van der Waals surface area contributed by atoms with Gasteiger partial charge in [0, 0.05) is 30.8 Å². The number of rotatable bonds is 5. The van der Waals surface area contributed by atoms with E-state index in [2.05, 4.69) is 56.9 Å². The molecule has 1 atom stereocenters. The van der Waals surface area contributed by atoms with E-state index in [0.29, 0.717) is 12.6 Å². The molecule has 3 aromatic rings. The van der Waals surface area contributed by atoms with Crippen LogP contribution in [0.5, 0.6) is 0 Å². The third kappa shape index (κ3) is 4.36. The van der Waals surface area contributed by atoms with Gasteiger partial charge in [0.1, 0.15) is 12.2 Å². The van der Waals surface area contributed by atoms with E-state index in [0.717, 1.165) is 54.5 Å². The van der Waals surface area contributed by atoms with Crippen molar-refractivity contribution in [2.24, 2.45) is 4.99 Å². The molecule has 2 aromatic heterocycles. The molecule has 1 aliphatic heterocycles. The predicted octanol–water partition coefficient (Wildman–Crippen LogP) is 2.41. The Morgan fingerprint density at radius 2 is 2.18 bits per heavy atom. The molecule has 1 aromatic carbocycles. The van der Waals surface area contributed by atoms with Crippen molar-refractivity contribution in [3.8, 4) is 11.3 Å². The number of nitrogens with zero attached hydrogens (tertiary/aromatic N) is 5. The predicted molar refractivity (Wildman–Crippen MR) is 110 cm³/mol. The first-order valence-corrected chi connectivity index (χ1v) is 9.73. The highest BCUT2D eigenvalue weighted by atomic mass is 15.4. The first-order valence-electron chi connectivity index (χ1n) is 9.73. The van der Waals surface area contributed by atoms with Crippen LogP contribution in [0.2, 0.25) is 0 Å². The topological polar surface area (TPSA) is 80.0 Å². The first-order chi connectivity index (χ1) is 13.8. The summed E-state index contributed by atoms with van der Waals surface area (Å²) in [5, 5.41) is 11.2. The standard InChI is InChI=1S/C21H25N7/c1-2-22-21(27-18-9-10-20-25-15-26-28(20)14-18)24-13-16-6-5-7-17(12-16)19-8-3-4-11-23-19/h3-8,11-12,15,18H,2,9-10,13-14H2,1H3,(H2,22,24,27). The van der Waals surface area contributed by atoms with Crippen LogP contribution in [-0.2, 0) is 19.5 Å². The van der Waals surface area contributed by atoms with E-state index in [-0.39, 0.29) is 0 Å². The van der Waals surface area contributed by atoms with Gasteiger partial charge in [-0.3, -0.25) is 4.98 Å². The molecule has 0 amide bonds. The number of guanidine groups is 1. The summed E-state index contributed by atoms with van der Waals surface area (Å²) >= 11 is 0. The minimum Gasteiger partial charge on any atom is -0.357 e. The van der Waals surface area contributed by atoms with Crippen molar-refractivity contribution in [1.82, 2.24) is 30.4 Å². The fraction of sp³-hybridized carbons (Fsp3) is 0.333. The summed E-state index contributed by atoms with van der Waals surface area (Å²) in [6, 6.07) is 14.6. The second kappa shape index (κ2) is 8.65. The van der Waals surface area contributed by atoms with Gasteiger partial charge in [0.15, 0.2) is 5.96 Å². The van der Waals surface area contributed by atoms with Crippen LogP contribution >= 0.6 is 0 Å². The maximum atomic E-state index is 4.78. The normalized spacial score (nSPS) is 16.5. The number of nitrogens with one attached hydrogen (secondary N) is 2. The van der Waals surface area contributed by atoms with Gasteiger partial charge in [0.2, 0.25) is 0 Å². The second-order valence-corrected chi connectivity index (χ2v) is 6.85. The Kier molecular flexibility index (Phi) is 5.61. The average molecular weight is 375 g/mol. The van der Waals surface area contributed by atoms with Crippen molar-refractivity contribution in [2.75, 3.05) is 6.54 Å². The van der Waals surface area contributed by atoms with E-state index in [1.165, 1.54) is 0 Å². The van der Waals surface area contributed by atoms with Crippen molar-refractivity contribution in [3.63, 3.8) is 0 Å². The third-order valence-corrected chi connectivity index (χ3v) is 4.80. The maximum absolute atomic E-state index is 4.78. The van der Waals surface area contributed by atoms with Crippen molar-refractivity contribution >= 4 is 5.96 Å². The van der Waals surface area contributed by atoms with E-state index in [4.69, 9.17) is 4.99 Å². The summed E-state index contributed by atoms with van der Waals surface area (Å²) in [5.74, 6) is 1.89. The molecule has 0 bridgehead atoms. The lowest BCUT2D eigenvalue weighted by atomic mass is 10.1. The third-order valence-electron chi connectivity index (χ3n) is 4.80. The zero-order valence-electron chi connectivity index (χ0n) is 16.0. The van der Waals surface area contributed by atoms with Crippen LogP contribution in [0, 0.1) is 0 Å². The van der Waals surface area contributed by atoms with Crippen LogP contribution in [0.4, 0.5) is 0 Å². The zero-order chi connectivity index (χ0) is 19.2. The van der Waals surface area contributed by atoms with E-state index in [1.54, 1.807) is 6.33 Å². The van der Waals surface area contributed by atoms with Gasteiger partial charge in [-0.1, -0.05) is 24.3 Å². The molecule has 144 valence electrons. The molecule has 1 unspecified atom stereocenters. The molecule has 4 rings (SSSR count). The highest BCUT2D eigenvalue weighted by Gasteiger charge is 2.20. The van der Waals surface area contributed by atoms with E-state index in [9.17, 15) is 0 Å². The Balaban J connectivity index is 1.44. The van der Waals surface area contributed by atoms with Crippen molar-refractivity contribution in [2.45, 2.75) is 38.9 Å². The minimum atomic E-state index is 0.298. The van der Waals surface area contributed by atoms with Gasteiger partial charge >= 0.3 is 0 Å². The Morgan fingerprint density at radius 3 is 3.04 bits per heavy atom. The van der Waals surface area contributed by atoms with Gasteiger partial charge in [-0.2, -0.15) is 5.10 Å². The van der Waals surface area contributed by atoms with Gasteiger partial charge in [0.05, 0.1) is 18.8 Å². The fourth-order valence-corrected chi connectivity index (χ4v) is 3.40. The smallest absolute Gasteiger partial charge is 0.191 e. The Bertz CT molecular complexity index is 933. The number of aromatic nitrogens is 4. The lowest BCUT2D eigenvalue weighted by Gasteiger charge is -2.25. The van der Waals surface area contributed by atoms with Gasteiger partial charge in [-0.15, -0.1) is 0 Å². The second-order valence-electron chi connectivity index (χ2n) is 6.85. The molecule has 28 heavy (non-hydrogen) atoms. The number of hydrogen-bond donors (Lipinski definition) is 2. The summed E-state index contributed by atoms with van der Waals surface area (Å²) in [6.07, 6.45) is 5.41. The molecule has 0 radical (unpaired) electrons. The lowest BCUT2D eigenvalue weighted by molar-refractivity contribution is 0.392. The number of aliphatic imine (C=N–C) groups is 1. The molecular formula is C21H25N7. The van der Waals surface area contributed by atoms with Gasteiger partial charge in [0.25, 0.3) is 0 Å². The van der Waals surface area contributed by atoms with E-state index < -0.39 is 0 Å². The minimum absolute atomic E-state index is 0.298.